The molecule has 0 radical (unpaired) electrons. The number of thiophene rings is 1. The zero-order chi connectivity index (χ0) is 22.7. The van der Waals surface area contributed by atoms with E-state index >= 15 is 0 Å². The van der Waals surface area contributed by atoms with Crippen LogP contribution in [0.5, 0.6) is 0 Å². The minimum atomic E-state index is -3.70. The third-order valence-corrected chi connectivity index (χ3v) is 9.21. The summed E-state index contributed by atoms with van der Waals surface area (Å²) in [5.41, 5.74) is 1.43. The molecule has 2 amide bonds. The highest BCUT2D eigenvalue weighted by Gasteiger charge is 2.33. The first kappa shape index (κ1) is 22.5. The van der Waals surface area contributed by atoms with Crippen molar-refractivity contribution in [2.24, 2.45) is 5.92 Å². The molecule has 1 aromatic heterocycles. The standard InChI is InChI=1S/C22H24N4O4S2/c23-14-16-4-3-5-19(12-16)24-21(27)17-6-10-26(11-7-17)32(29,30)20-13-18(15-31-20)22(28)25-8-1-2-9-25/h3-5,12-13,15,17H,1-2,6-11H2,(H,24,27). The van der Waals surface area contributed by atoms with Crippen LogP contribution in [0.1, 0.15) is 41.6 Å². The Kier molecular flexibility index (Phi) is 6.60. The third kappa shape index (κ3) is 4.70. The summed E-state index contributed by atoms with van der Waals surface area (Å²) in [5, 5.41) is 13.4. The minimum Gasteiger partial charge on any atom is -0.339 e. The Balaban J connectivity index is 1.36. The number of nitriles is 1. The number of anilines is 1. The maximum absolute atomic E-state index is 13.1. The predicted octanol–water partition coefficient (Wildman–Crippen LogP) is 2.90. The lowest BCUT2D eigenvalue weighted by Gasteiger charge is -2.30. The minimum absolute atomic E-state index is 0.115. The summed E-state index contributed by atoms with van der Waals surface area (Å²) in [4.78, 5) is 26.9. The van der Waals surface area contributed by atoms with Crippen LogP contribution in [0.4, 0.5) is 5.69 Å². The Morgan fingerprint density at radius 3 is 2.50 bits per heavy atom. The summed E-state index contributed by atoms with van der Waals surface area (Å²) < 4.78 is 27.7. The van der Waals surface area contributed by atoms with Gasteiger partial charge in [-0.2, -0.15) is 9.57 Å². The molecule has 0 unspecified atom stereocenters. The fraction of sp³-hybridized carbons (Fsp3) is 0.409. The molecule has 1 N–H and O–H groups in total. The maximum Gasteiger partial charge on any atom is 0.254 e. The normalized spacial score (nSPS) is 17.8. The second-order valence-corrected chi connectivity index (χ2v) is 11.1. The number of nitrogens with one attached hydrogen (secondary N) is 1. The van der Waals surface area contributed by atoms with Gasteiger partial charge in [0.15, 0.2) is 0 Å². The van der Waals surface area contributed by atoms with Crippen molar-refractivity contribution >= 4 is 38.9 Å². The molecule has 2 saturated heterocycles. The number of piperidine rings is 1. The van der Waals surface area contributed by atoms with Gasteiger partial charge in [0.2, 0.25) is 5.91 Å². The Bertz CT molecular complexity index is 1150. The number of nitrogens with zero attached hydrogens (tertiary/aromatic N) is 3. The van der Waals surface area contributed by atoms with Gasteiger partial charge in [-0.15, -0.1) is 11.3 Å². The molecule has 2 fully saturated rings. The fourth-order valence-corrected chi connectivity index (χ4v) is 6.84. The van der Waals surface area contributed by atoms with Crippen molar-refractivity contribution in [3.05, 3.63) is 46.8 Å². The van der Waals surface area contributed by atoms with Gasteiger partial charge in [0, 0.05) is 43.2 Å². The summed E-state index contributed by atoms with van der Waals surface area (Å²) in [6.07, 6.45) is 2.78. The van der Waals surface area contributed by atoms with Crippen LogP contribution in [0.2, 0.25) is 0 Å². The van der Waals surface area contributed by atoms with E-state index in [1.165, 1.54) is 10.4 Å². The van der Waals surface area contributed by atoms with E-state index in [1.807, 2.05) is 6.07 Å². The molecule has 4 rings (SSSR count). The summed E-state index contributed by atoms with van der Waals surface area (Å²) in [6, 6.07) is 10.2. The van der Waals surface area contributed by atoms with Crippen LogP contribution in [-0.4, -0.2) is 55.6 Å². The highest BCUT2D eigenvalue weighted by molar-refractivity contribution is 7.91. The van der Waals surface area contributed by atoms with E-state index in [2.05, 4.69) is 5.32 Å². The number of hydrogen-bond donors (Lipinski definition) is 1. The Labute approximate surface area is 191 Å². The monoisotopic (exact) mass is 472 g/mol. The number of rotatable bonds is 5. The van der Waals surface area contributed by atoms with E-state index < -0.39 is 10.0 Å². The second kappa shape index (κ2) is 9.40. The number of carbonyl (C=O) groups is 2. The van der Waals surface area contributed by atoms with E-state index in [9.17, 15) is 18.0 Å². The molecule has 3 heterocycles. The first-order valence-corrected chi connectivity index (χ1v) is 12.9. The van der Waals surface area contributed by atoms with E-state index in [-0.39, 0.29) is 35.0 Å². The summed E-state index contributed by atoms with van der Waals surface area (Å²) in [5.74, 6) is -0.592. The third-order valence-electron chi connectivity index (χ3n) is 5.89. The van der Waals surface area contributed by atoms with Crippen molar-refractivity contribution in [2.45, 2.75) is 29.9 Å². The second-order valence-electron chi connectivity index (χ2n) is 8.01. The van der Waals surface area contributed by atoms with E-state index in [0.29, 0.717) is 42.7 Å². The van der Waals surface area contributed by atoms with Crippen LogP contribution in [0.25, 0.3) is 0 Å². The number of likely N-dealkylation sites (tertiary alicyclic amines) is 1. The molecular formula is C22H24N4O4S2. The van der Waals surface area contributed by atoms with Crippen molar-refractivity contribution in [1.82, 2.24) is 9.21 Å². The molecule has 0 spiro atoms. The lowest BCUT2D eigenvalue weighted by atomic mass is 9.97. The topological polar surface area (TPSA) is 111 Å². The largest absolute Gasteiger partial charge is 0.339 e. The maximum atomic E-state index is 13.1. The zero-order valence-electron chi connectivity index (χ0n) is 17.5. The zero-order valence-corrected chi connectivity index (χ0v) is 19.1. The SMILES string of the molecule is N#Cc1cccc(NC(=O)C2CCN(S(=O)(=O)c3cc(C(=O)N4CCCC4)cs3)CC2)c1. The summed E-state index contributed by atoms with van der Waals surface area (Å²) >= 11 is 1.07. The van der Waals surface area contributed by atoms with Crippen LogP contribution in [-0.2, 0) is 14.8 Å². The quantitative estimate of drug-likeness (QED) is 0.719. The number of hydrogen-bond acceptors (Lipinski definition) is 6. The van der Waals surface area contributed by atoms with E-state index in [0.717, 1.165) is 24.2 Å². The van der Waals surface area contributed by atoms with Gasteiger partial charge in [-0.05, 0) is 49.9 Å². The average molecular weight is 473 g/mol. The number of sulfonamides is 1. The Hall–Kier alpha value is -2.74. The summed E-state index contributed by atoms with van der Waals surface area (Å²) in [7, 11) is -3.70. The molecule has 10 heteroatoms. The molecule has 0 atom stereocenters. The fourth-order valence-electron chi connectivity index (χ4n) is 4.06. The van der Waals surface area contributed by atoms with Crippen LogP contribution < -0.4 is 5.32 Å². The Morgan fingerprint density at radius 1 is 1.09 bits per heavy atom. The predicted molar refractivity (Wildman–Crippen MR) is 121 cm³/mol. The van der Waals surface area contributed by atoms with Gasteiger partial charge in [0.1, 0.15) is 4.21 Å². The van der Waals surface area contributed by atoms with Gasteiger partial charge in [0.25, 0.3) is 15.9 Å². The van der Waals surface area contributed by atoms with Crippen LogP contribution in [0.3, 0.4) is 0 Å². The van der Waals surface area contributed by atoms with Gasteiger partial charge < -0.3 is 10.2 Å². The number of benzene rings is 1. The smallest absolute Gasteiger partial charge is 0.254 e. The van der Waals surface area contributed by atoms with Crippen molar-refractivity contribution in [3.8, 4) is 6.07 Å². The van der Waals surface area contributed by atoms with Gasteiger partial charge in [-0.3, -0.25) is 9.59 Å². The molecular weight excluding hydrogens is 448 g/mol. The first-order chi connectivity index (χ1) is 15.4. The van der Waals surface area contributed by atoms with Gasteiger partial charge in [-0.1, -0.05) is 6.07 Å². The molecule has 32 heavy (non-hydrogen) atoms. The van der Waals surface area contributed by atoms with Crippen LogP contribution in [0, 0.1) is 17.2 Å². The molecule has 1 aromatic carbocycles. The molecule has 0 bridgehead atoms. The molecule has 0 aliphatic carbocycles. The van der Waals surface area contributed by atoms with Gasteiger partial charge >= 0.3 is 0 Å². The summed E-state index contributed by atoms with van der Waals surface area (Å²) in [6.45, 7) is 1.91. The molecule has 2 aliphatic rings. The molecule has 168 valence electrons. The highest BCUT2D eigenvalue weighted by atomic mass is 32.2. The van der Waals surface area contributed by atoms with Crippen LogP contribution >= 0.6 is 11.3 Å². The van der Waals surface area contributed by atoms with Crippen molar-refractivity contribution in [3.63, 3.8) is 0 Å². The number of amides is 2. The molecule has 0 saturated carbocycles. The molecule has 2 aliphatic heterocycles. The lowest BCUT2D eigenvalue weighted by molar-refractivity contribution is -0.120. The Morgan fingerprint density at radius 2 is 1.81 bits per heavy atom. The van der Waals surface area contributed by atoms with Gasteiger partial charge in [-0.25, -0.2) is 8.42 Å². The molecule has 2 aromatic rings. The lowest BCUT2D eigenvalue weighted by Crippen LogP contribution is -2.41. The van der Waals surface area contributed by atoms with Crippen molar-refractivity contribution in [1.29, 1.82) is 5.26 Å². The highest BCUT2D eigenvalue weighted by Crippen LogP contribution is 2.29. The van der Waals surface area contributed by atoms with Gasteiger partial charge in [0.05, 0.1) is 17.2 Å². The van der Waals surface area contributed by atoms with E-state index in [1.54, 1.807) is 34.5 Å². The molecule has 8 nitrogen and oxygen atoms in total. The average Bonchev–Trinajstić information content (AvgIpc) is 3.52. The van der Waals surface area contributed by atoms with Crippen molar-refractivity contribution in [2.75, 3.05) is 31.5 Å². The van der Waals surface area contributed by atoms with Crippen molar-refractivity contribution < 1.29 is 18.0 Å². The van der Waals surface area contributed by atoms with E-state index in [4.69, 9.17) is 5.26 Å². The van der Waals surface area contributed by atoms with Crippen LogP contribution in [0.15, 0.2) is 39.9 Å². The number of carbonyl (C=O) groups excluding carboxylic acids is 2. The first-order valence-electron chi connectivity index (χ1n) is 10.6.